The molecule has 0 unspecified atom stereocenters. The van der Waals surface area contributed by atoms with Crippen LogP contribution in [0.25, 0.3) is 0 Å². The van der Waals surface area contributed by atoms with Crippen molar-refractivity contribution in [2.75, 3.05) is 7.05 Å². The number of carbonyl (C=O) groups excluding carboxylic acids is 2. The van der Waals surface area contributed by atoms with E-state index in [1.54, 1.807) is 0 Å². The Labute approximate surface area is 81.0 Å². The number of carboxylic acid groups (broad SMARTS) is 1. The Morgan fingerprint density at radius 2 is 1.57 bits per heavy atom. The molecule has 0 aromatic heterocycles. The molecular formula is C8H12N2O4. The van der Waals surface area contributed by atoms with Crippen molar-refractivity contribution in [1.82, 2.24) is 10.6 Å². The van der Waals surface area contributed by atoms with Gasteiger partial charge in [-0.2, -0.15) is 0 Å². The quantitative estimate of drug-likeness (QED) is 0.541. The average molecular weight is 200 g/mol. The molecule has 78 valence electrons. The van der Waals surface area contributed by atoms with Gasteiger partial charge in [0.2, 0.25) is 0 Å². The monoisotopic (exact) mass is 200 g/mol. The van der Waals surface area contributed by atoms with Crippen LogP contribution in [0.3, 0.4) is 0 Å². The zero-order valence-corrected chi connectivity index (χ0v) is 8.17. The maximum absolute atomic E-state index is 11.2. The number of aliphatic carboxylic acids is 1. The molecule has 0 aromatic rings. The summed E-state index contributed by atoms with van der Waals surface area (Å²) < 4.78 is 0. The van der Waals surface area contributed by atoms with Crippen LogP contribution < -0.4 is 10.6 Å². The second-order valence-electron chi connectivity index (χ2n) is 2.59. The lowest BCUT2D eigenvalue weighted by atomic mass is 10.1. The fraction of sp³-hybridized carbons (Fsp3) is 0.375. The molecule has 0 saturated carbocycles. The number of carboxylic acids is 1. The Morgan fingerprint density at radius 3 is 1.93 bits per heavy atom. The molecular weight excluding hydrogens is 188 g/mol. The number of amides is 3. The Balaban J connectivity index is 4.63. The molecule has 0 atom stereocenters. The summed E-state index contributed by atoms with van der Waals surface area (Å²) in [6, 6.07) is -0.674. The molecule has 3 N–H and O–H groups in total. The molecule has 3 amide bonds. The van der Waals surface area contributed by atoms with Crippen molar-refractivity contribution in [3.05, 3.63) is 11.1 Å². The summed E-state index contributed by atoms with van der Waals surface area (Å²) in [5.41, 5.74) is -0.0903. The molecule has 0 rings (SSSR count). The van der Waals surface area contributed by atoms with Gasteiger partial charge in [-0.05, 0) is 13.8 Å². The van der Waals surface area contributed by atoms with Crippen molar-refractivity contribution in [2.24, 2.45) is 0 Å². The predicted octanol–water partition coefficient (Wildman–Crippen LogP) is -0.137. The first-order valence-electron chi connectivity index (χ1n) is 3.84. The summed E-state index contributed by atoms with van der Waals surface area (Å²) in [5, 5.41) is 12.7. The number of imide groups is 1. The van der Waals surface area contributed by atoms with Gasteiger partial charge in [0.25, 0.3) is 5.91 Å². The maximum atomic E-state index is 11.2. The summed E-state index contributed by atoms with van der Waals surface area (Å²) in [4.78, 5) is 32.3. The molecule has 0 aliphatic heterocycles. The Hall–Kier alpha value is -1.85. The lowest BCUT2D eigenvalue weighted by molar-refractivity contribution is -0.133. The van der Waals surface area contributed by atoms with E-state index in [1.165, 1.54) is 20.9 Å². The lowest BCUT2D eigenvalue weighted by Crippen LogP contribution is -2.38. The van der Waals surface area contributed by atoms with Crippen molar-refractivity contribution in [3.8, 4) is 0 Å². The molecule has 0 aromatic carbocycles. The number of hydrogen-bond donors (Lipinski definition) is 3. The van der Waals surface area contributed by atoms with E-state index in [2.05, 4.69) is 5.32 Å². The fourth-order valence-electron chi connectivity index (χ4n) is 0.590. The number of carbonyl (C=O) groups is 3. The van der Waals surface area contributed by atoms with Crippen LogP contribution in [-0.2, 0) is 9.59 Å². The van der Waals surface area contributed by atoms with Crippen molar-refractivity contribution in [3.63, 3.8) is 0 Å². The molecule has 6 heteroatoms. The van der Waals surface area contributed by atoms with E-state index < -0.39 is 17.9 Å². The highest BCUT2D eigenvalue weighted by atomic mass is 16.4. The standard InChI is InChI=1S/C8H12N2O4/c1-4(5(2)7(12)13)6(11)10-8(14)9-3/h1-3H3,(H,12,13)(H2,9,10,11,14). The number of hydrogen-bond acceptors (Lipinski definition) is 3. The molecule has 0 aliphatic rings. The minimum absolute atomic E-state index is 0.00102. The molecule has 6 nitrogen and oxygen atoms in total. The SMILES string of the molecule is CNC(=O)NC(=O)C(C)=C(C)C(=O)O. The molecule has 0 spiro atoms. The third-order valence-corrected chi connectivity index (χ3v) is 1.68. The zero-order chi connectivity index (χ0) is 11.3. The minimum atomic E-state index is -1.19. The van der Waals surface area contributed by atoms with Crippen LogP contribution in [-0.4, -0.2) is 30.1 Å². The van der Waals surface area contributed by atoms with Gasteiger partial charge in [-0.15, -0.1) is 0 Å². The highest BCUT2D eigenvalue weighted by molar-refractivity contribution is 6.07. The van der Waals surface area contributed by atoms with E-state index in [9.17, 15) is 14.4 Å². The van der Waals surface area contributed by atoms with E-state index in [1.807, 2.05) is 5.32 Å². The smallest absolute Gasteiger partial charge is 0.331 e. The Morgan fingerprint density at radius 1 is 1.07 bits per heavy atom. The first-order chi connectivity index (χ1) is 6.40. The molecule has 0 radical (unpaired) electrons. The van der Waals surface area contributed by atoms with Crippen molar-refractivity contribution in [2.45, 2.75) is 13.8 Å². The van der Waals surface area contributed by atoms with Gasteiger partial charge in [0.15, 0.2) is 0 Å². The highest BCUT2D eigenvalue weighted by Crippen LogP contribution is 2.02. The number of rotatable bonds is 2. The Kier molecular flexibility index (Phi) is 4.34. The van der Waals surface area contributed by atoms with Crippen LogP contribution in [0.1, 0.15) is 13.8 Å². The second kappa shape index (κ2) is 5.00. The van der Waals surface area contributed by atoms with E-state index in [-0.39, 0.29) is 11.1 Å². The first kappa shape index (κ1) is 12.2. The van der Waals surface area contributed by atoms with Gasteiger partial charge in [0.1, 0.15) is 0 Å². The minimum Gasteiger partial charge on any atom is -0.478 e. The van der Waals surface area contributed by atoms with Crippen molar-refractivity contribution < 1.29 is 19.5 Å². The van der Waals surface area contributed by atoms with E-state index in [0.717, 1.165) is 0 Å². The van der Waals surface area contributed by atoms with E-state index >= 15 is 0 Å². The topological polar surface area (TPSA) is 95.5 Å². The van der Waals surface area contributed by atoms with Gasteiger partial charge in [-0.3, -0.25) is 10.1 Å². The zero-order valence-electron chi connectivity index (χ0n) is 8.17. The van der Waals surface area contributed by atoms with Crippen LogP contribution >= 0.6 is 0 Å². The largest absolute Gasteiger partial charge is 0.478 e. The molecule has 0 fully saturated rings. The van der Waals surface area contributed by atoms with Gasteiger partial charge in [0, 0.05) is 18.2 Å². The third kappa shape index (κ3) is 3.26. The summed E-state index contributed by atoms with van der Waals surface area (Å²) in [5.74, 6) is -1.90. The van der Waals surface area contributed by atoms with Crippen molar-refractivity contribution in [1.29, 1.82) is 0 Å². The lowest BCUT2D eigenvalue weighted by Gasteiger charge is -2.04. The fourth-order valence-corrected chi connectivity index (χ4v) is 0.590. The summed E-state index contributed by atoms with van der Waals surface area (Å²) in [7, 11) is 1.35. The van der Waals surface area contributed by atoms with E-state index in [0.29, 0.717) is 0 Å². The Bertz CT molecular complexity index is 306. The normalized spacial score (nSPS) is 11.4. The van der Waals surface area contributed by atoms with Crippen LogP contribution in [0.2, 0.25) is 0 Å². The van der Waals surface area contributed by atoms with Gasteiger partial charge in [-0.1, -0.05) is 0 Å². The molecule has 0 bridgehead atoms. The van der Waals surface area contributed by atoms with Crippen LogP contribution in [0.15, 0.2) is 11.1 Å². The first-order valence-corrected chi connectivity index (χ1v) is 3.84. The maximum Gasteiger partial charge on any atom is 0.331 e. The second-order valence-corrected chi connectivity index (χ2v) is 2.59. The van der Waals surface area contributed by atoms with Gasteiger partial charge >= 0.3 is 12.0 Å². The molecule has 0 saturated heterocycles. The summed E-state index contributed by atoms with van der Waals surface area (Å²) >= 11 is 0. The van der Waals surface area contributed by atoms with Crippen LogP contribution in [0, 0.1) is 0 Å². The van der Waals surface area contributed by atoms with Crippen LogP contribution in [0.4, 0.5) is 4.79 Å². The molecule has 0 heterocycles. The number of nitrogens with one attached hydrogen (secondary N) is 2. The third-order valence-electron chi connectivity index (χ3n) is 1.68. The summed E-state index contributed by atoms with van der Waals surface area (Å²) in [6.07, 6.45) is 0. The van der Waals surface area contributed by atoms with Gasteiger partial charge in [0.05, 0.1) is 0 Å². The molecule has 14 heavy (non-hydrogen) atoms. The average Bonchev–Trinajstić information content (AvgIpc) is 2.14. The van der Waals surface area contributed by atoms with Crippen LogP contribution in [0.5, 0.6) is 0 Å². The van der Waals surface area contributed by atoms with E-state index in [4.69, 9.17) is 5.11 Å². The van der Waals surface area contributed by atoms with Gasteiger partial charge in [-0.25, -0.2) is 9.59 Å². The van der Waals surface area contributed by atoms with Crippen molar-refractivity contribution >= 4 is 17.9 Å². The highest BCUT2D eigenvalue weighted by Gasteiger charge is 2.13. The summed E-state index contributed by atoms with van der Waals surface area (Å²) in [6.45, 7) is 2.63. The predicted molar refractivity (Wildman–Crippen MR) is 48.6 cm³/mol. The number of urea groups is 1. The molecule has 0 aliphatic carbocycles. The van der Waals surface area contributed by atoms with Gasteiger partial charge < -0.3 is 10.4 Å².